The maximum Gasteiger partial charge on any atom is 0.137 e. The summed E-state index contributed by atoms with van der Waals surface area (Å²) in [4.78, 5) is 0. The van der Waals surface area contributed by atoms with Gasteiger partial charge in [0, 0.05) is 17.0 Å². The zero-order chi connectivity index (χ0) is 14.3. The second kappa shape index (κ2) is 5.25. The van der Waals surface area contributed by atoms with E-state index < -0.39 is 0 Å². The van der Waals surface area contributed by atoms with Crippen molar-refractivity contribution in [1.29, 1.82) is 0 Å². The molecule has 1 aromatic carbocycles. The van der Waals surface area contributed by atoms with Crippen LogP contribution in [0.2, 0.25) is 0 Å². The highest BCUT2D eigenvalue weighted by atomic mass is 16.3. The van der Waals surface area contributed by atoms with Crippen molar-refractivity contribution in [2.24, 2.45) is 5.92 Å². The Morgan fingerprint density at radius 1 is 1.25 bits per heavy atom. The monoisotopic (exact) mass is 271 g/mol. The van der Waals surface area contributed by atoms with Gasteiger partial charge in [0.25, 0.3) is 0 Å². The van der Waals surface area contributed by atoms with E-state index in [4.69, 9.17) is 4.42 Å². The molecular weight excluding hydrogens is 246 g/mol. The highest BCUT2D eigenvalue weighted by molar-refractivity contribution is 5.86. The third kappa shape index (κ3) is 2.62. The summed E-state index contributed by atoms with van der Waals surface area (Å²) in [7, 11) is 0. The van der Waals surface area contributed by atoms with Crippen LogP contribution >= 0.6 is 0 Å². The van der Waals surface area contributed by atoms with Crippen molar-refractivity contribution in [2.75, 3.05) is 0 Å². The standard InChI is InChI=1S/C18H25NO/c1-11(2)9-16-15-8-5-12(3)13(4)18(15)20-17(16)10-19-14-6-7-14/h5,8,11,14,19H,6-7,9-10H2,1-4H3. The zero-order valence-corrected chi connectivity index (χ0v) is 13.0. The normalized spacial score (nSPS) is 15.4. The molecule has 2 nitrogen and oxygen atoms in total. The van der Waals surface area contributed by atoms with Gasteiger partial charge in [0.2, 0.25) is 0 Å². The molecular formula is C18H25NO. The van der Waals surface area contributed by atoms with Gasteiger partial charge < -0.3 is 9.73 Å². The van der Waals surface area contributed by atoms with Crippen LogP contribution in [-0.4, -0.2) is 6.04 Å². The summed E-state index contributed by atoms with van der Waals surface area (Å²) >= 11 is 0. The Labute approximate surface area is 121 Å². The SMILES string of the molecule is Cc1ccc2c(CC(C)C)c(CNC3CC3)oc2c1C. The van der Waals surface area contributed by atoms with Crippen LogP contribution in [0, 0.1) is 19.8 Å². The van der Waals surface area contributed by atoms with Gasteiger partial charge in [-0.25, -0.2) is 0 Å². The minimum absolute atomic E-state index is 0.650. The van der Waals surface area contributed by atoms with Crippen molar-refractivity contribution in [3.05, 3.63) is 34.6 Å². The quantitative estimate of drug-likeness (QED) is 0.866. The third-order valence-electron chi connectivity index (χ3n) is 4.30. The summed E-state index contributed by atoms with van der Waals surface area (Å²) < 4.78 is 6.23. The van der Waals surface area contributed by atoms with Crippen LogP contribution in [0.4, 0.5) is 0 Å². The van der Waals surface area contributed by atoms with Crippen molar-refractivity contribution in [1.82, 2.24) is 5.32 Å². The van der Waals surface area contributed by atoms with Crippen LogP contribution in [0.15, 0.2) is 16.5 Å². The molecule has 0 amide bonds. The van der Waals surface area contributed by atoms with Gasteiger partial charge in [-0.1, -0.05) is 26.0 Å². The minimum Gasteiger partial charge on any atom is -0.459 e. The van der Waals surface area contributed by atoms with E-state index in [0.717, 1.165) is 30.4 Å². The Balaban J connectivity index is 2.02. The second-order valence-corrected chi connectivity index (χ2v) is 6.64. The molecule has 0 bridgehead atoms. The van der Waals surface area contributed by atoms with Gasteiger partial charge >= 0.3 is 0 Å². The van der Waals surface area contributed by atoms with E-state index in [1.165, 1.54) is 34.9 Å². The molecule has 0 aliphatic heterocycles. The van der Waals surface area contributed by atoms with E-state index in [1.54, 1.807) is 0 Å². The number of rotatable bonds is 5. The van der Waals surface area contributed by atoms with Gasteiger partial charge in [0.1, 0.15) is 11.3 Å². The maximum atomic E-state index is 6.23. The Bertz CT molecular complexity index is 620. The van der Waals surface area contributed by atoms with Crippen LogP contribution < -0.4 is 5.32 Å². The van der Waals surface area contributed by atoms with Crippen molar-refractivity contribution in [2.45, 2.75) is 59.5 Å². The van der Waals surface area contributed by atoms with E-state index in [0.29, 0.717) is 5.92 Å². The molecule has 1 N–H and O–H groups in total. The third-order valence-corrected chi connectivity index (χ3v) is 4.30. The predicted octanol–water partition coefficient (Wildman–Crippen LogP) is 4.50. The first-order chi connectivity index (χ1) is 9.56. The Morgan fingerprint density at radius 2 is 2.00 bits per heavy atom. The second-order valence-electron chi connectivity index (χ2n) is 6.64. The fourth-order valence-electron chi connectivity index (χ4n) is 2.79. The Kier molecular flexibility index (Phi) is 3.59. The van der Waals surface area contributed by atoms with Gasteiger partial charge in [0.15, 0.2) is 0 Å². The molecule has 1 aliphatic rings. The molecule has 1 aliphatic carbocycles. The van der Waals surface area contributed by atoms with Crippen LogP contribution in [0.5, 0.6) is 0 Å². The van der Waals surface area contributed by atoms with Gasteiger partial charge in [0.05, 0.1) is 6.54 Å². The minimum atomic E-state index is 0.650. The van der Waals surface area contributed by atoms with Gasteiger partial charge in [-0.15, -0.1) is 0 Å². The fourth-order valence-corrected chi connectivity index (χ4v) is 2.79. The molecule has 0 spiro atoms. The molecule has 20 heavy (non-hydrogen) atoms. The van der Waals surface area contributed by atoms with Crippen molar-refractivity contribution in [3.8, 4) is 0 Å². The molecule has 0 atom stereocenters. The van der Waals surface area contributed by atoms with E-state index in [2.05, 4.69) is 45.1 Å². The molecule has 108 valence electrons. The van der Waals surface area contributed by atoms with Gasteiger partial charge in [-0.2, -0.15) is 0 Å². The largest absolute Gasteiger partial charge is 0.459 e. The van der Waals surface area contributed by atoms with Crippen LogP contribution in [0.3, 0.4) is 0 Å². The molecule has 1 saturated carbocycles. The predicted molar refractivity (Wildman–Crippen MR) is 84.1 cm³/mol. The number of benzene rings is 1. The molecule has 2 heteroatoms. The number of aryl methyl sites for hydroxylation is 2. The number of furan rings is 1. The maximum absolute atomic E-state index is 6.23. The molecule has 2 aromatic rings. The molecule has 3 rings (SSSR count). The zero-order valence-electron chi connectivity index (χ0n) is 13.0. The van der Waals surface area contributed by atoms with E-state index in [9.17, 15) is 0 Å². The van der Waals surface area contributed by atoms with Crippen LogP contribution in [-0.2, 0) is 13.0 Å². The van der Waals surface area contributed by atoms with Gasteiger partial charge in [-0.05, 0) is 50.2 Å². The lowest BCUT2D eigenvalue weighted by Crippen LogP contribution is -2.16. The first-order valence-electron chi connectivity index (χ1n) is 7.80. The summed E-state index contributed by atoms with van der Waals surface area (Å²) in [5, 5.41) is 4.90. The molecule has 1 heterocycles. The van der Waals surface area contributed by atoms with Crippen LogP contribution in [0.25, 0.3) is 11.0 Å². The summed E-state index contributed by atoms with van der Waals surface area (Å²) in [5.41, 5.74) is 5.09. The average Bonchev–Trinajstić information content (AvgIpc) is 3.16. The first kappa shape index (κ1) is 13.7. The van der Waals surface area contributed by atoms with E-state index >= 15 is 0 Å². The topological polar surface area (TPSA) is 25.2 Å². The molecule has 0 radical (unpaired) electrons. The number of nitrogens with one attached hydrogen (secondary N) is 1. The summed E-state index contributed by atoms with van der Waals surface area (Å²) in [6.45, 7) is 9.75. The Morgan fingerprint density at radius 3 is 2.65 bits per heavy atom. The smallest absolute Gasteiger partial charge is 0.137 e. The lowest BCUT2D eigenvalue weighted by molar-refractivity contribution is 0.498. The molecule has 1 fully saturated rings. The molecule has 0 unspecified atom stereocenters. The van der Waals surface area contributed by atoms with Crippen LogP contribution in [0.1, 0.15) is 49.1 Å². The van der Waals surface area contributed by atoms with Gasteiger partial charge in [-0.3, -0.25) is 0 Å². The first-order valence-corrected chi connectivity index (χ1v) is 7.80. The number of hydrogen-bond donors (Lipinski definition) is 1. The fraction of sp³-hybridized carbons (Fsp3) is 0.556. The summed E-state index contributed by atoms with van der Waals surface area (Å²) in [6, 6.07) is 5.17. The lowest BCUT2D eigenvalue weighted by atomic mass is 9.97. The Hall–Kier alpha value is -1.28. The molecule has 1 aromatic heterocycles. The summed E-state index contributed by atoms with van der Waals surface area (Å²) in [6.07, 6.45) is 3.73. The highest BCUT2D eigenvalue weighted by Crippen LogP contribution is 2.32. The van der Waals surface area contributed by atoms with Crippen molar-refractivity contribution < 1.29 is 4.42 Å². The van der Waals surface area contributed by atoms with Crippen molar-refractivity contribution in [3.63, 3.8) is 0 Å². The highest BCUT2D eigenvalue weighted by Gasteiger charge is 2.23. The number of fused-ring (bicyclic) bond motifs is 1. The lowest BCUT2D eigenvalue weighted by Gasteiger charge is -2.07. The van der Waals surface area contributed by atoms with Crippen molar-refractivity contribution >= 4 is 11.0 Å². The average molecular weight is 271 g/mol. The van der Waals surface area contributed by atoms with E-state index in [-0.39, 0.29) is 0 Å². The van der Waals surface area contributed by atoms with E-state index in [1.807, 2.05) is 0 Å². The summed E-state index contributed by atoms with van der Waals surface area (Å²) in [5.74, 6) is 1.80. The molecule has 0 saturated heterocycles. The number of hydrogen-bond acceptors (Lipinski definition) is 2.